The second kappa shape index (κ2) is 10.2. The Morgan fingerprint density at radius 1 is 0.806 bits per heavy atom. The summed E-state index contributed by atoms with van der Waals surface area (Å²) in [4.78, 5) is 29.6. The number of rotatable bonds is 8. The molecule has 2 aliphatic rings. The zero-order valence-corrected chi connectivity index (χ0v) is 20.3. The molecule has 1 saturated heterocycles. The summed E-state index contributed by atoms with van der Waals surface area (Å²) in [7, 11) is 0. The first-order chi connectivity index (χ1) is 17.5. The van der Waals surface area contributed by atoms with Crippen molar-refractivity contribution in [3.63, 3.8) is 0 Å². The minimum absolute atomic E-state index is 0.0724. The van der Waals surface area contributed by atoms with Crippen molar-refractivity contribution in [1.82, 2.24) is 9.80 Å². The molecule has 1 aliphatic carbocycles. The topological polar surface area (TPSA) is 60.9 Å². The van der Waals surface area contributed by atoms with Gasteiger partial charge in [0.25, 0.3) is 0 Å². The molecular formula is C30H31FN2O3. The van der Waals surface area contributed by atoms with Crippen molar-refractivity contribution in [3.8, 4) is 11.1 Å². The van der Waals surface area contributed by atoms with Crippen LogP contribution in [0.4, 0.5) is 4.39 Å². The molecule has 1 N–H and O–H groups in total. The summed E-state index contributed by atoms with van der Waals surface area (Å²) >= 11 is 0. The Bertz CT molecular complexity index is 1200. The van der Waals surface area contributed by atoms with Crippen LogP contribution in [-0.2, 0) is 21.4 Å². The van der Waals surface area contributed by atoms with Crippen molar-refractivity contribution in [1.29, 1.82) is 0 Å². The minimum Gasteiger partial charge on any atom is -0.480 e. The van der Waals surface area contributed by atoms with Crippen LogP contribution in [0.15, 0.2) is 72.8 Å². The molecule has 1 fully saturated rings. The van der Waals surface area contributed by atoms with Crippen LogP contribution in [0.2, 0.25) is 0 Å². The largest absolute Gasteiger partial charge is 0.480 e. The fraction of sp³-hybridized carbons (Fsp3) is 0.333. The van der Waals surface area contributed by atoms with E-state index in [9.17, 15) is 19.1 Å². The first-order valence-electron chi connectivity index (χ1n) is 12.7. The number of piperazine rings is 1. The number of nitrogens with zero attached hydrogens (tertiary/aromatic N) is 2. The smallest absolute Gasteiger partial charge is 0.318 e. The summed E-state index contributed by atoms with van der Waals surface area (Å²) in [5.74, 6) is -1.01. The number of benzene rings is 3. The average Bonchev–Trinajstić information content (AvgIpc) is 3.19. The summed E-state index contributed by atoms with van der Waals surface area (Å²) in [6.45, 7) is 3.87. The number of halogens is 1. The molecule has 0 radical (unpaired) electrons. The van der Waals surface area contributed by atoms with Gasteiger partial charge in [-0.15, -0.1) is 0 Å². The number of hydrogen-bond acceptors (Lipinski definition) is 3. The second-order valence-electron chi connectivity index (χ2n) is 9.78. The zero-order chi connectivity index (χ0) is 25.1. The van der Waals surface area contributed by atoms with Gasteiger partial charge in [0.2, 0.25) is 5.91 Å². The maximum Gasteiger partial charge on any atom is 0.318 e. The van der Waals surface area contributed by atoms with Gasteiger partial charge in [0.15, 0.2) is 0 Å². The van der Waals surface area contributed by atoms with E-state index in [1.165, 1.54) is 12.1 Å². The van der Waals surface area contributed by atoms with Crippen molar-refractivity contribution in [2.24, 2.45) is 0 Å². The highest BCUT2D eigenvalue weighted by Crippen LogP contribution is 2.51. The minimum atomic E-state index is -1.00. The Kier molecular flexibility index (Phi) is 6.88. The van der Waals surface area contributed by atoms with Crippen LogP contribution in [-0.4, -0.2) is 59.5 Å². The molecule has 186 valence electrons. The Balaban J connectivity index is 1.15. The van der Waals surface area contributed by atoms with Gasteiger partial charge in [0, 0.05) is 26.2 Å². The molecule has 0 bridgehead atoms. The first kappa shape index (κ1) is 24.2. The number of amides is 1. The van der Waals surface area contributed by atoms with E-state index in [0.717, 1.165) is 60.3 Å². The third-order valence-corrected chi connectivity index (χ3v) is 7.70. The van der Waals surface area contributed by atoms with Crippen molar-refractivity contribution in [2.75, 3.05) is 32.7 Å². The third-order valence-electron chi connectivity index (χ3n) is 7.70. The molecule has 36 heavy (non-hydrogen) atoms. The fourth-order valence-electron chi connectivity index (χ4n) is 5.77. The van der Waals surface area contributed by atoms with Crippen LogP contribution < -0.4 is 0 Å². The van der Waals surface area contributed by atoms with E-state index in [1.807, 2.05) is 53.4 Å². The number of carbonyl (C=O) groups is 2. The van der Waals surface area contributed by atoms with E-state index in [1.54, 1.807) is 12.1 Å². The van der Waals surface area contributed by atoms with Crippen LogP contribution in [0.25, 0.3) is 11.1 Å². The van der Waals surface area contributed by atoms with Gasteiger partial charge in [0.1, 0.15) is 11.2 Å². The molecule has 0 atom stereocenters. The van der Waals surface area contributed by atoms with Crippen LogP contribution in [0.1, 0.15) is 36.0 Å². The number of aliphatic carboxylic acids is 1. The number of unbranched alkanes of at least 4 members (excludes halogenated alkanes) is 1. The first-order valence-corrected chi connectivity index (χ1v) is 12.7. The van der Waals surface area contributed by atoms with Gasteiger partial charge in [-0.05, 0) is 59.3 Å². The zero-order valence-electron chi connectivity index (χ0n) is 20.3. The summed E-state index contributed by atoms with van der Waals surface area (Å²) in [5.41, 5.74) is 3.66. The Labute approximate surface area is 211 Å². The highest BCUT2D eigenvalue weighted by Gasteiger charge is 2.48. The number of carbonyl (C=O) groups excluding carboxylic acids is 1. The third kappa shape index (κ3) is 4.53. The van der Waals surface area contributed by atoms with Crippen LogP contribution in [0, 0.1) is 5.82 Å². The van der Waals surface area contributed by atoms with Crippen molar-refractivity contribution < 1.29 is 19.1 Å². The van der Waals surface area contributed by atoms with Crippen molar-refractivity contribution >= 4 is 11.9 Å². The van der Waals surface area contributed by atoms with E-state index >= 15 is 0 Å². The summed E-state index contributed by atoms with van der Waals surface area (Å²) in [6, 6.07) is 21.9. The molecule has 1 amide bonds. The fourth-order valence-corrected chi connectivity index (χ4v) is 5.77. The highest BCUT2D eigenvalue weighted by atomic mass is 19.1. The maximum atomic E-state index is 13.1. The number of carboxylic acid groups (broad SMARTS) is 1. The monoisotopic (exact) mass is 486 g/mol. The summed E-state index contributed by atoms with van der Waals surface area (Å²) in [5, 5.41) is 10.4. The molecule has 0 spiro atoms. The van der Waals surface area contributed by atoms with Crippen LogP contribution >= 0.6 is 0 Å². The SMILES string of the molecule is O=C(Cc1ccc(F)cc1)N1CCN(CCCCC2(C(=O)O)c3ccccc3-c3ccccc32)CC1. The molecule has 1 aliphatic heterocycles. The molecule has 3 aromatic rings. The Morgan fingerprint density at radius 3 is 1.97 bits per heavy atom. The molecule has 0 aromatic heterocycles. The van der Waals surface area contributed by atoms with E-state index in [4.69, 9.17) is 0 Å². The maximum absolute atomic E-state index is 13.1. The van der Waals surface area contributed by atoms with Crippen molar-refractivity contribution in [3.05, 3.63) is 95.3 Å². The van der Waals surface area contributed by atoms with E-state index in [-0.39, 0.29) is 11.7 Å². The van der Waals surface area contributed by atoms with Crippen LogP contribution in [0.5, 0.6) is 0 Å². The molecule has 3 aromatic carbocycles. The molecular weight excluding hydrogens is 455 g/mol. The van der Waals surface area contributed by atoms with Gasteiger partial charge in [-0.3, -0.25) is 14.5 Å². The molecule has 5 nitrogen and oxygen atoms in total. The van der Waals surface area contributed by atoms with Gasteiger partial charge in [0.05, 0.1) is 6.42 Å². The standard InChI is InChI=1S/C30H31FN2O3/c31-23-13-11-22(12-14-23)21-28(34)33-19-17-32(18-20-33)16-6-5-15-30(29(35)36)26-9-3-1-7-24(26)25-8-2-4-10-27(25)30/h1-4,7-14H,5-6,15-21H2,(H,35,36). The number of carboxylic acids is 1. The van der Waals surface area contributed by atoms with Gasteiger partial charge < -0.3 is 10.0 Å². The van der Waals surface area contributed by atoms with Gasteiger partial charge >= 0.3 is 5.97 Å². The van der Waals surface area contributed by atoms with Gasteiger partial charge in [-0.25, -0.2) is 4.39 Å². The number of fused-ring (bicyclic) bond motifs is 3. The number of hydrogen-bond donors (Lipinski definition) is 1. The second-order valence-corrected chi connectivity index (χ2v) is 9.78. The Morgan fingerprint density at radius 2 is 1.39 bits per heavy atom. The summed E-state index contributed by atoms with van der Waals surface area (Å²) in [6.07, 6.45) is 2.56. The predicted octanol–water partition coefficient (Wildman–Crippen LogP) is 4.73. The van der Waals surface area contributed by atoms with Gasteiger partial charge in [-0.2, -0.15) is 0 Å². The molecule has 6 heteroatoms. The van der Waals surface area contributed by atoms with Crippen LogP contribution in [0.3, 0.4) is 0 Å². The average molecular weight is 487 g/mol. The van der Waals surface area contributed by atoms with Crippen molar-refractivity contribution in [2.45, 2.75) is 31.1 Å². The summed E-state index contributed by atoms with van der Waals surface area (Å²) < 4.78 is 13.1. The molecule has 1 heterocycles. The lowest BCUT2D eigenvalue weighted by molar-refractivity contribution is -0.142. The highest BCUT2D eigenvalue weighted by molar-refractivity contribution is 5.97. The van der Waals surface area contributed by atoms with Gasteiger partial charge in [-0.1, -0.05) is 67.1 Å². The van der Waals surface area contributed by atoms with E-state index in [2.05, 4.69) is 4.90 Å². The Hall–Kier alpha value is -3.51. The lowest BCUT2D eigenvalue weighted by Gasteiger charge is -2.35. The normalized spacial score (nSPS) is 16.4. The molecule has 5 rings (SSSR count). The van der Waals surface area contributed by atoms with E-state index < -0.39 is 11.4 Å². The van der Waals surface area contributed by atoms with E-state index in [0.29, 0.717) is 25.9 Å². The quantitative estimate of drug-likeness (QED) is 0.468. The lowest BCUT2D eigenvalue weighted by atomic mass is 9.74. The lowest BCUT2D eigenvalue weighted by Crippen LogP contribution is -2.49. The molecule has 0 saturated carbocycles. The molecule has 0 unspecified atom stereocenters. The predicted molar refractivity (Wildman–Crippen MR) is 137 cm³/mol.